The Bertz CT molecular complexity index is 988. The number of sulfonamides is 1. The third-order valence-electron chi connectivity index (χ3n) is 3.53. The second-order valence-electron chi connectivity index (χ2n) is 5.49. The highest BCUT2D eigenvalue weighted by atomic mass is 32.2. The molecule has 6 nitrogen and oxygen atoms in total. The van der Waals surface area contributed by atoms with Crippen LogP contribution in [0.4, 0.5) is 0 Å². The molecule has 26 heavy (non-hydrogen) atoms. The Morgan fingerprint density at radius 3 is 2.62 bits per heavy atom. The molecule has 0 atom stereocenters. The van der Waals surface area contributed by atoms with Gasteiger partial charge >= 0.3 is 0 Å². The molecule has 0 N–H and O–H groups in total. The molecule has 1 amide bonds. The van der Waals surface area contributed by atoms with Crippen molar-refractivity contribution in [1.82, 2.24) is 4.90 Å². The van der Waals surface area contributed by atoms with Crippen LogP contribution in [-0.2, 0) is 14.8 Å². The van der Waals surface area contributed by atoms with E-state index in [1.165, 1.54) is 29.4 Å². The zero-order valence-corrected chi connectivity index (χ0v) is 15.6. The van der Waals surface area contributed by atoms with E-state index in [0.29, 0.717) is 10.7 Å². The van der Waals surface area contributed by atoms with Crippen LogP contribution in [0.1, 0.15) is 11.3 Å². The SMILES string of the molecule is C=CCN1C(=O)C(=Cc2ccco2)SC1=NS(=O)(=O)c1ccc(C)cc1. The summed E-state index contributed by atoms with van der Waals surface area (Å²) in [4.78, 5) is 14.3. The second kappa shape index (κ2) is 7.35. The number of furan rings is 1. The number of rotatable bonds is 5. The first-order chi connectivity index (χ1) is 12.4. The van der Waals surface area contributed by atoms with Crippen molar-refractivity contribution in [2.45, 2.75) is 11.8 Å². The molecule has 1 aromatic heterocycles. The zero-order chi connectivity index (χ0) is 18.7. The van der Waals surface area contributed by atoms with Crippen LogP contribution in [0.15, 0.2) is 73.9 Å². The highest BCUT2D eigenvalue weighted by molar-refractivity contribution is 8.19. The molecule has 2 aromatic rings. The van der Waals surface area contributed by atoms with Crippen LogP contribution in [0.25, 0.3) is 6.08 Å². The summed E-state index contributed by atoms with van der Waals surface area (Å²) in [5.74, 6) is 0.159. The molecule has 1 saturated heterocycles. The summed E-state index contributed by atoms with van der Waals surface area (Å²) < 4.78 is 34.2. The van der Waals surface area contributed by atoms with E-state index in [-0.39, 0.29) is 22.5 Å². The van der Waals surface area contributed by atoms with Crippen LogP contribution in [0.2, 0.25) is 0 Å². The number of aryl methyl sites for hydroxylation is 1. The fourth-order valence-corrected chi connectivity index (χ4v) is 4.40. The van der Waals surface area contributed by atoms with Gasteiger partial charge in [0.1, 0.15) is 5.76 Å². The molecule has 8 heteroatoms. The zero-order valence-electron chi connectivity index (χ0n) is 14.0. The molecular formula is C18H16N2O4S2. The van der Waals surface area contributed by atoms with E-state index in [2.05, 4.69) is 11.0 Å². The summed E-state index contributed by atoms with van der Waals surface area (Å²) >= 11 is 0.990. The summed E-state index contributed by atoms with van der Waals surface area (Å²) in [6, 6.07) is 9.79. The molecule has 134 valence electrons. The van der Waals surface area contributed by atoms with Gasteiger partial charge in [-0.25, -0.2) is 0 Å². The van der Waals surface area contributed by atoms with Crippen molar-refractivity contribution in [1.29, 1.82) is 0 Å². The molecular weight excluding hydrogens is 372 g/mol. The van der Waals surface area contributed by atoms with E-state index >= 15 is 0 Å². The maximum absolute atomic E-state index is 12.6. The fourth-order valence-electron chi connectivity index (χ4n) is 2.23. The molecule has 0 aliphatic carbocycles. The van der Waals surface area contributed by atoms with Gasteiger partial charge in [-0.15, -0.1) is 11.0 Å². The molecule has 0 spiro atoms. The smallest absolute Gasteiger partial charge is 0.284 e. The van der Waals surface area contributed by atoms with Crippen LogP contribution < -0.4 is 0 Å². The predicted molar refractivity (Wildman–Crippen MR) is 102 cm³/mol. The van der Waals surface area contributed by atoms with E-state index in [4.69, 9.17) is 4.42 Å². The number of carbonyl (C=O) groups excluding carboxylic acids is 1. The maximum atomic E-state index is 12.6. The van der Waals surface area contributed by atoms with E-state index in [1.54, 1.807) is 30.3 Å². The Balaban J connectivity index is 1.98. The highest BCUT2D eigenvalue weighted by Crippen LogP contribution is 2.33. The molecule has 3 rings (SSSR count). The fraction of sp³-hybridized carbons (Fsp3) is 0.111. The molecule has 1 aliphatic rings. The number of nitrogens with zero attached hydrogens (tertiary/aromatic N) is 2. The molecule has 0 bridgehead atoms. The van der Waals surface area contributed by atoms with Crippen LogP contribution in [0.5, 0.6) is 0 Å². The van der Waals surface area contributed by atoms with Gasteiger partial charge in [-0.2, -0.15) is 8.42 Å². The predicted octanol–water partition coefficient (Wildman–Crippen LogP) is 3.44. The summed E-state index contributed by atoms with van der Waals surface area (Å²) in [7, 11) is -3.93. The monoisotopic (exact) mass is 388 g/mol. The summed E-state index contributed by atoms with van der Waals surface area (Å²) in [5.41, 5.74) is 0.943. The summed E-state index contributed by atoms with van der Waals surface area (Å²) in [6.07, 6.45) is 4.57. The van der Waals surface area contributed by atoms with Gasteiger partial charge in [-0.1, -0.05) is 23.8 Å². The average molecular weight is 388 g/mol. The van der Waals surface area contributed by atoms with Crippen LogP contribution in [-0.4, -0.2) is 30.9 Å². The third-order valence-corrected chi connectivity index (χ3v) is 5.94. The largest absolute Gasteiger partial charge is 0.465 e. The lowest BCUT2D eigenvalue weighted by molar-refractivity contribution is -0.121. The number of hydrogen-bond donors (Lipinski definition) is 0. The minimum absolute atomic E-state index is 0.0747. The lowest BCUT2D eigenvalue weighted by Gasteiger charge is -2.12. The Hall–Kier alpha value is -2.58. The normalized spacial score (nSPS) is 18.0. The van der Waals surface area contributed by atoms with E-state index in [9.17, 15) is 13.2 Å². The van der Waals surface area contributed by atoms with Crippen molar-refractivity contribution in [2.75, 3.05) is 6.54 Å². The van der Waals surface area contributed by atoms with Gasteiger partial charge < -0.3 is 4.42 Å². The maximum Gasteiger partial charge on any atom is 0.284 e. The number of thioether (sulfide) groups is 1. The molecule has 0 radical (unpaired) electrons. The Morgan fingerprint density at radius 1 is 1.27 bits per heavy atom. The molecule has 0 saturated carbocycles. The highest BCUT2D eigenvalue weighted by Gasteiger charge is 2.34. The van der Waals surface area contributed by atoms with Crippen molar-refractivity contribution in [3.05, 3.63) is 71.5 Å². The number of benzene rings is 1. The summed E-state index contributed by atoms with van der Waals surface area (Å²) in [6.45, 7) is 5.64. The minimum Gasteiger partial charge on any atom is -0.465 e. The number of carbonyl (C=O) groups is 1. The first kappa shape index (κ1) is 18.2. The second-order valence-corrected chi connectivity index (χ2v) is 8.11. The first-order valence-electron chi connectivity index (χ1n) is 7.68. The lowest BCUT2D eigenvalue weighted by Crippen LogP contribution is -2.29. The Labute approximate surface area is 156 Å². The van der Waals surface area contributed by atoms with Crippen LogP contribution in [0, 0.1) is 6.92 Å². The van der Waals surface area contributed by atoms with Crippen LogP contribution in [0.3, 0.4) is 0 Å². The van der Waals surface area contributed by atoms with Gasteiger partial charge in [0, 0.05) is 12.6 Å². The third kappa shape index (κ3) is 3.81. The Morgan fingerprint density at radius 2 is 2.00 bits per heavy atom. The molecule has 1 aromatic carbocycles. The van der Waals surface area contributed by atoms with Crippen molar-refractivity contribution < 1.29 is 17.6 Å². The quantitative estimate of drug-likeness (QED) is 0.579. The van der Waals surface area contributed by atoms with E-state index in [0.717, 1.165) is 17.3 Å². The van der Waals surface area contributed by atoms with Crippen molar-refractivity contribution >= 4 is 38.9 Å². The topological polar surface area (TPSA) is 80.0 Å². The standard InChI is InChI=1S/C18H16N2O4S2/c1-3-10-20-17(21)16(12-14-5-4-11-24-14)25-18(20)19-26(22,23)15-8-6-13(2)7-9-15/h3-9,11-12H,1,10H2,2H3. The minimum atomic E-state index is -3.93. The molecule has 1 aliphatic heterocycles. The van der Waals surface area contributed by atoms with Gasteiger partial charge in [0.2, 0.25) is 0 Å². The van der Waals surface area contributed by atoms with Crippen molar-refractivity contribution in [3.8, 4) is 0 Å². The first-order valence-corrected chi connectivity index (χ1v) is 9.94. The molecule has 0 unspecified atom stereocenters. The molecule has 2 heterocycles. The Kier molecular flexibility index (Phi) is 5.15. The van der Waals surface area contributed by atoms with Gasteiger partial charge in [0.15, 0.2) is 5.17 Å². The van der Waals surface area contributed by atoms with Gasteiger partial charge in [-0.05, 0) is 43.0 Å². The van der Waals surface area contributed by atoms with Crippen molar-refractivity contribution in [2.24, 2.45) is 4.40 Å². The number of amidine groups is 1. The van der Waals surface area contributed by atoms with Gasteiger partial charge in [0.25, 0.3) is 15.9 Å². The summed E-state index contributed by atoms with van der Waals surface area (Å²) in [5, 5.41) is 0.0910. The van der Waals surface area contributed by atoms with E-state index in [1.807, 2.05) is 6.92 Å². The average Bonchev–Trinajstić information content (AvgIpc) is 3.20. The molecule has 1 fully saturated rings. The van der Waals surface area contributed by atoms with Crippen LogP contribution >= 0.6 is 11.8 Å². The van der Waals surface area contributed by atoms with Gasteiger partial charge in [0.05, 0.1) is 16.1 Å². The van der Waals surface area contributed by atoms with E-state index < -0.39 is 10.0 Å². The lowest BCUT2D eigenvalue weighted by atomic mass is 10.2. The van der Waals surface area contributed by atoms with Gasteiger partial charge in [-0.3, -0.25) is 9.69 Å². The number of hydrogen-bond acceptors (Lipinski definition) is 5. The van der Waals surface area contributed by atoms with Crippen molar-refractivity contribution in [3.63, 3.8) is 0 Å². The number of amides is 1.